The van der Waals surface area contributed by atoms with Gasteiger partial charge in [-0.25, -0.2) is 22.0 Å². The lowest BCUT2D eigenvalue weighted by molar-refractivity contribution is 0.166. The lowest BCUT2D eigenvalue weighted by Gasteiger charge is -2.13. The van der Waals surface area contributed by atoms with Gasteiger partial charge in [-0.3, -0.25) is 0 Å². The Morgan fingerprint density at radius 1 is 0.800 bits per heavy atom. The third-order valence-electron chi connectivity index (χ3n) is 2.81. The van der Waals surface area contributed by atoms with E-state index in [1.54, 1.807) is 0 Å². The van der Waals surface area contributed by atoms with E-state index in [0.717, 1.165) is 12.1 Å². The molecule has 1 N–H and O–H groups in total. The highest BCUT2D eigenvalue weighted by atomic mass is 19.2. The van der Waals surface area contributed by atoms with Gasteiger partial charge in [-0.1, -0.05) is 6.07 Å². The quantitative estimate of drug-likeness (QED) is 0.855. The molecule has 0 aliphatic carbocycles. The van der Waals surface area contributed by atoms with Gasteiger partial charge in [-0.15, -0.1) is 0 Å². The summed E-state index contributed by atoms with van der Waals surface area (Å²) in [6.45, 7) is 0. The zero-order valence-corrected chi connectivity index (χ0v) is 10.0. The molecule has 0 bridgehead atoms. The SMILES string of the molecule is OC(Cc1ccc(F)cc1F)c1c(F)cc(F)cc1F. The molecule has 0 amide bonds. The van der Waals surface area contributed by atoms with Crippen LogP contribution in [0.4, 0.5) is 22.0 Å². The molecule has 20 heavy (non-hydrogen) atoms. The highest BCUT2D eigenvalue weighted by Crippen LogP contribution is 2.26. The monoisotopic (exact) mass is 288 g/mol. The average molecular weight is 288 g/mol. The Morgan fingerprint density at radius 3 is 1.90 bits per heavy atom. The summed E-state index contributed by atoms with van der Waals surface area (Å²) in [4.78, 5) is 0. The molecule has 0 saturated carbocycles. The summed E-state index contributed by atoms with van der Waals surface area (Å²) in [5.74, 6) is -5.40. The van der Waals surface area contributed by atoms with Crippen molar-refractivity contribution < 1.29 is 27.1 Å². The summed E-state index contributed by atoms with van der Waals surface area (Å²) in [5, 5.41) is 9.76. The van der Waals surface area contributed by atoms with Crippen molar-refractivity contribution in [3.63, 3.8) is 0 Å². The molecule has 0 fully saturated rings. The predicted octanol–water partition coefficient (Wildman–Crippen LogP) is 3.66. The normalized spacial score (nSPS) is 12.5. The van der Waals surface area contributed by atoms with E-state index in [2.05, 4.69) is 0 Å². The molecule has 1 atom stereocenters. The summed E-state index contributed by atoms with van der Waals surface area (Å²) >= 11 is 0. The fourth-order valence-electron chi connectivity index (χ4n) is 1.87. The van der Waals surface area contributed by atoms with Gasteiger partial charge in [0.1, 0.15) is 29.1 Å². The van der Waals surface area contributed by atoms with Crippen LogP contribution in [0.2, 0.25) is 0 Å². The van der Waals surface area contributed by atoms with Crippen LogP contribution in [0.1, 0.15) is 17.2 Å². The summed E-state index contributed by atoms with van der Waals surface area (Å²) in [6.07, 6.45) is -2.18. The maximum Gasteiger partial charge on any atom is 0.134 e. The van der Waals surface area contributed by atoms with Crippen molar-refractivity contribution in [1.82, 2.24) is 0 Å². The largest absolute Gasteiger partial charge is 0.388 e. The van der Waals surface area contributed by atoms with Gasteiger partial charge < -0.3 is 5.11 Å². The van der Waals surface area contributed by atoms with E-state index in [9.17, 15) is 27.1 Å². The van der Waals surface area contributed by atoms with Crippen LogP contribution < -0.4 is 0 Å². The number of halogens is 5. The van der Waals surface area contributed by atoms with Crippen molar-refractivity contribution in [3.05, 3.63) is 70.5 Å². The van der Waals surface area contributed by atoms with E-state index < -0.39 is 47.2 Å². The van der Waals surface area contributed by atoms with Crippen molar-refractivity contribution in [2.45, 2.75) is 12.5 Å². The van der Waals surface area contributed by atoms with Crippen LogP contribution in [0, 0.1) is 29.1 Å². The molecule has 6 heteroatoms. The van der Waals surface area contributed by atoms with Gasteiger partial charge in [0, 0.05) is 24.6 Å². The summed E-state index contributed by atoms with van der Waals surface area (Å²) in [7, 11) is 0. The van der Waals surface area contributed by atoms with Gasteiger partial charge in [0.25, 0.3) is 0 Å². The highest BCUT2D eigenvalue weighted by molar-refractivity contribution is 5.26. The zero-order valence-electron chi connectivity index (χ0n) is 10.0. The molecule has 1 nitrogen and oxygen atoms in total. The Balaban J connectivity index is 2.31. The van der Waals surface area contributed by atoms with Gasteiger partial charge >= 0.3 is 0 Å². The van der Waals surface area contributed by atoms with E-state index in [1.807, 2.05) is 0 Å². The Hall–Kier alpha value is -1.95. The number of rotatable bonds is 3. The van der Waals surface area contributed by atoms with Gasteiger partial charge in [-0.2, -0.15) is 0 Å². The average Bonchev–Trinajstić information content (AvgIpc) is 2.31. The zero-order chi connectivity index (χ0) is 14.9. The van der Waals surface area contributed by atoms with Crippen LogP contribution in [0.15, 0.2) is 30.3 Å². The Morgan fingerprint density at radius 2 is 1.35 bits per heavy atom. The first-order valence-electron chi connectivity index (χ1n) is 5.65. The number of aliphatic hydroxyl groups is 1. The molecule has 0 heterocycles. The van der Waals surface area contributed by atoms with E-state index in [0.29, 0.717) is 18.2 Å². The molecular weight excluding hydrogens is 279 g/mol. The highest BCUT2D eigenvalue weighted by Gasteiger charge is 2.21. The van der Waals surface area contributed by atoms with Gasteiger partial charge in [0.15, 0.2) is 0 Å². The van der Waals surface area contributed by atoms with Crippen molar-refractivity contribution in [2.75, 3.05) is 0 Å². The van der Waals surface area contributed by atoms with Crippen LogP contribution in [0.5, 0.6) is 0 Å². The minimum Gasteiger partial charge on any atom is -0.388 e. The maximum atomic E-state index is 13.4. The van der Waals surface area contributed by atoms with Crippen molar-refractivity contribution in [2.24, 2.45) is 0 Å². The Bertz CT molecular complexity index is 618. The van der Waals surface area contributed by atoms with Crippen LogP contribution in [0.3, 0.4) is 0 Å². The molecule has 0 aromatic heterocycles. The van der Waals surface area contributed by atoms with Gasteiger partial charge in [0.05, 0.1) is 11.7 Å². The van der Waals surface area contributed by atoms with Crippen LogP contribution >= 0.6 is 0 Å². The predicted molar refractivity (Wildman–Crippen MR) is 61.3 cm³/mol. The van der Waals surface area contributed by atoms with Crippen molar-refractivity contribution >= 4 is 0 Å². The lowest BCUT2D eigenvalue weighted by Crippen LogP contribution is -2.09. The second kappa shape index (κ2) is 5.58. The third-order valence-corrected chi connectivity index (χ3v) is 2.81. The molecule has 0 radical (unpaired) electrons. The maximum absolute atomic E-state index is 13.4. The standard InChI is InChI=1S/C14H9F5O/c15-8-2-1-7(10(17)4-8)3-13(20)14-11(18)5-9(16)6-12(14)19/h1-2,4-6,13,20H,3H2. The first kappa shape index (κ1) is 14.5. The van der Waals surface area contributed by atoms with E-state index in [-0.39, 0.29) is 5.56 Å². The Labute approximate surface area is 111 Å². The molecule has 0 aliphatic rings. The van der Waals surface area contributed by atoms with Crippen LogP contribution in [-0.4, -0.2) is 5.11 Å². The molecule has 0 aliphatic heterocycles. The van der Waals surface area contributed by atoms with E-state index >= 15 is 0 Å². The number of hydrogen-bond donors (Lipinski definition) is 1. The number of hydrogen-bond acceptors (Lipinski definition) is 1. The summed E-state index contributed by atoms with van der Waals surface area (Å²) in [6, 6.07) is 3.46. The molecule has 0 saturated heterocycles. The molecule has 2 aromatic rings. The number of benzene rings is 2. The molecular formula is C14H9F5O. The minimum absolute atomic E-state index is 0.109. The minimum atomic E-state index is -1.71. The first-order valence-corrected chi connectivity index (χ1v) is 5.65. The fraction of sp³-hybridized carbons (Fsp3) is 0.143. The Kier molecular flexibility index (Phi) is 4.04. The summed E-state index contributed by atoms with van der Waals surface area (Å²) < 4.78 is 65.7. The van der Waals surface area contributed by atoms with E-state index in [4.69, 9.17) is 0 Å². The van der Waals surface area contributed by atoms with E-state index in [1.165, 1.54) is 0 Å². The summed E-state index contributed by atoms with van der Waals surface area (Å²) in [5.41, 5.74) is -0.864. The topological polar surface area (TPSA) is 20.2 Å². The van der Waals surface area contributed by atoms with Gasteiger partial charge in [-0.05, 0) is 11.6 Å². The van der Waals surface area contributed by atoms with Crippen LogP contribution in [-0.2, 0) is 6.42 Å². The van der Waals surface area contributed by atoms with Crippen molar-refractivity contribution in [3.8, 4) is 0 Å². The van der Waals surface area contributed by atoms with Crippen LogP contribution in [0.25, 0.3) is 0 Å². The van der Waals surface area contributed by atoms with Crippen molar-refractivity contribution in [1.29, 1.82) is 0 Å². The number of aliphatic hydroxyl groups excluding tert-OH is 1. The molecule has 2 aromatic carbocycles. The molecule has 106 valence electrons. The molecule has 1 unspecified atom stereocenters. The lowest BCUT2D eigenvalue weighted by atomic mass is 10.00. The fourth-order valence-corrected chi connectivity index (χ4v) is 1.87. The smallest absolute Gasteiger partial charge is 0.134 e. The van der Waals surface area contributed by atoms with Gasteiger partial charge in [0.2, 0.25) is 0 Å². The second-order valence-corrected chi connectivity index (χ2v) is 4.24. The third kappa shape index (κ3) is 2.96. The first-order chi connectivity index (χ1) is 9.38. The molecule has 2 rings (SSSR count). The second-order valence-electron chi connectivity index (χ2n) is 4.24. The molecule has 0 spiro atoms.